The molecule has 1 saturated carbocycles. The molecule has 2 unspecified atom stereocenters. The molecule has 7 nitrogen and oxygen atoms in total. The first kappa shape index (κ1) is 32.1. The molecule has 1 aromatic rings. The van der Waals surface area contributed by atoms with Gasteiger partial charge in [0.15, 0.2) is 5.54 Å². The van der Waals surface area contributed by atoms with Crippen LogP contribution in [0.15, 0.2) is 30.3 Å². The predicted octanol–water partition coefficient (Wildman–Crippen LogP) is 5.55. The lowest BCUT2D eigenvalue weighted by atomic mass is 9.76. The van der Waals surface area contributed by atoms with Gasteiger partial charge in [0, 0.05) is 37.4 Å². The molecule has 0 radical (unpaired) electrons. The van der Waals surface area contributed by atoms with Crippen LogP contribution in [-0.2, 0) is 20.8 Å². The minimum absolute atomic E-state index is 0.152. The van der Waals surface area contributed by atoms with Crippen LogP contribution in [0.4, 0.5) is 13.6 Å². The SMILES string of the molecule is CC(C)(C)OC(=O)N1CCC(F)(F)C(CCO)(N[S@@+]([O-])C(C)(C)C)C1CO[C@H]1CC[C@@H](c2ccccc2)CC1. The fourth-order valence-electron chi connectivity index (χ4n) is 5.47. The molecule has 3 rings (SSSR count). The average molecular weight is 573 g/mol. The molecular weight excluding hydrogens is 526 g/mol. The summed E-state index contributed by atoms with van der Waals surface area (Å²) < 4.78 is 58.9. The van der Waals surface area contributed by atoms with Gasteiger partial charge in [-0.15, -0.1) is 4.72 Å². The normalized spacial score (nSPS) is 28.7. The maximum atomic E-state index is 15.9. The largest absolute Gasteiger partial charge is 0.598 e. The van der Waals surface area contributed by atoms with E-state index in [2.05, 4.69) is 16.9 Å². The Kier molecular flexibility index (Phi) is 10.4. The van der Waals surface area contributed by atoms with E-state index in [1.807, 2.05) is 18.2 Å². The van der Waals surface area contributed by atoms with Gasteiger partial charge in [0.2, 0.25) is 0 Å². The van der Waals surface area contributed by atoms with Gasteiger partial charge in [0.25, 0.3) is 5.92 Å². The number of rotatable bonds is 8. The molecule has 2 aliphatic rings. The molecule has 39 heavy (non-hydrogen) atoms. The molecule has 1 heterocycles. The Morgan fingerprint density at radius 1 is 1.13 bits per heavy atom. The number of piperidine rings is 1. The lowest BCUT2D eigenvalue weighted by Crippen LogP contribution is -2.77. The van der Waals surface area contributed by atoms with Gasteiger partial charge in [-0.1, -0.05) is 30.3 Å². The second-order valence-electron chi connectivity index (χ2n) is 12.8. The van der Waals surface area contributed by atoms with E-state index in [9.17, 15) is 14.5 Å². The summed E-state index contributed by atoms with van der Waals surface area (Å²) in [4.78, 5) is 14.6. The fourth-order valence-corrected chi connectivity index (χ4v) is 6.50. The van der Waals surface area contributed by atoms with Crippen LogP contribution in [0.2, 0.25) is 0 Å². The van der Waals surface area contributed by atoms with Crippen molar-refractivity contribution in [3.63, 3.8) is 0 Å². The highest BCUT2D eigenvalue weighted by atomic mass is 32.2. The van der Waals surface area contributed by atoms with Gasteiger partial charge < -0.3 is 24.0 Å². The summed E-state index contributed by atoms with van der Waals surface area (Å²) in [6, 6.07) is 9.09. The van der Waals surface area contributed by atoms with E-state index in [1.54, 1.807) is 41.5 Å². The second-order valence-corrected chi connectivity index (χ2v) is 14.8. The smallest absolute Gasteiger partial charge is 0.410 e. The predicted molar refractivity (Wildman–Crippen MR) is 149 cm³/mol. The number of likely N-dealkylation sites (tertiary alicyclic amines) is 1. The molecular formula is C29H46F2N2O5S. The first-order valence-corrected chi connectivity index (χ1v) is 15.1. The third-order valence-electron chi connectivity index (χ3n) is 7.66. The van der Waals surface area contributed by atoms with Gasteiger partial charge in [0.1, 0.15) is 10.3 Å². The van der Waals surface area contributed by atoms with Crippen LogP contribution in [0, 0.1) is 0 Å². The van der Waals surface area contributed by atoms with Crippen LogP contribution in [0.5, 0.6) is 0 Å². The molecule has 0 aromatic heterocycles. The third kappa shape index (κ3) is 7.85. The van der Waals surface area contributed by atoms with Gasteiger partial charge in [-0.3, -0.25) is 0 Å². The number of alkyl halides is 2. The van der Waals surface area contributed by atoms with Crippen LogP contribution in [0.1, 0.15) is 91.5 Å². The monoisotopic (exact) mass is 572 g/mol. The van der Waals surface area contributed by atoms with Crippen molar-refractivity contribution in [1.29, 1.82) is 0 Å². The summed E-state index contributed by atoms with van der Waals surface area (Å²) in [6.45, 7) is 9.20. The van der Waals surface area contributed by atoms with Crippen molar-refractivity contribution < 1.29 is 32.7 Å². The number of benzene rings is 1. The standard InChI is InChI=1S/C29H46F2N2O5S/c1-26(2,3)38-25(35)33-18-16-29(30,31)28(17-19-34,32-39(36)27(4,5)6)24(33)20-37-23-14-12-22(13-15-23)21-10-8-7-9-11-21/h7-11,22-24,32,34H,12-20H2,1-6H3/t22-,23+,24?,28?,39-/m0/s1. The first-order valence-electron chi connectivity index (χ1n) is 13.9. The summed E-state index contributed by atoms with van der Waals surface area (Å²) >= 11 is -1.90. The topological polar surface area (TPSA) is 94.1 Å². The van der Waals surface area contributed by atoms with Crippen LogP contribution in [0.3, 0.4) is 0 Å². The Hall–Kier alpha value is -1.46. The molecule has 1 aliphatic carbocycles. The molecule has 222 valence electrons. The number of nitrogens with zero attached hydrogens (tertiary/aromatic N) is 1. The van der Waals surface area contributed by atoms with E-state index in [4.69, 9.17) is 9.47 Å². The molecule has 1 aromatic carbocycles. The molecule has 2 fully saturated rings. The third-order valence-corrected chi connectivity index (χ3v) is 9.33. The van der Waals surface area contributed by atoms with E-state index in [0.717, 1.165) is 25.7 Å². The lowest BCUT2D eigenvalue weighted by molar-refractivity contribution is -0.171. The Balaban J connectivity index is 1.87. The van der Waals surface area contributed by atoms with Crippen molar-refractivity contribution in [3.05, 3.63) is 35.9 Å². The van der Waals surface area contributed by atoms with E-state index < -0.39 is 64.8 Å². The zero-order valence-corrected chi connectivity index (χ0v) is 25.0. The Morgan fingerprint density at radius 3 is 2.28 bits per heavy atom. The highest BCUT2D eigenvalue weighted by Gasteiger charge is 2.66. The maximum Gasteiger partial charge on any atom is 0.410 e. The van der Waals surface area contributed by atoms with E-state index in [0.29, 0.717) is 5.92 Å². The molecule has 1 saturated heterocycles. The molecule has 0 spiro atoms. The first-order chi connectivity index (χ1) is 18.1. The Morgan fingerprint density at radius 2 is 1.74 bits per heavy atom. The zero-order chi connectivity index (χ0) is 29.1. The minimum atomic E-state index is -3.37. The minimum Gasteiger partial charge on any atom is -0.598 e. The number of aliphatic hydroxyl groups excluding tert-OH is 1. The highest BCUT2D eigenvalue weighted by Crippen LogP contribution is 2.45. The van der Waals surface area contributed by atoms with Gasteiger partial charge in [-0.2, -0.15) is 0 Å². The molecule has 3 atom stereocenters. The van der Waals surface area contributed by atoms with Gasteiger partial charge in [0.05, 0.1) is 18.8 Å². The molecule has 2 N–H and O–H groups in total. The van der Waals surface area contributed by atoms with E-state index >= 15 is 8.78 Å². The number of carbonyl (C=O) groups excluding carboxylic acids is 1. The van der Waals surface area contributed by atoms with Gasteiger partial charge >= 0.3 is 6.09 Å². The van der Waals surface area contributed by atoms with E-state index in [1.165, 1.54) is 10.5 Å². The number of halogens is 2. The number of hydrogen-bond donors (Lipinski definition) is 2. The quantitative estimate of drug-likeness (QED) is 0.397. The summed E-state index contributed by atoms with van der Waals surface area (Å²) in [5.41, 5.74) is -1.72. The maximum absolute atomic E-state index is 15.9. The Bertz CT molecular complexity index is 932. The van der Waals surface area contributed by atoms with Gasteiger partial charge in [-0.05, 0) is 78.7 Å². The molecule has 10 heteroatoms. The van der Waals surface area contributed by atoms with Crippen molar-refractivity contribution in [2.45, 2.75) is 120 Å². The van der Waals surface area contributed by atoms with E-state index in [-0.39, 0.29) is 19.3 Å². The summed E-state index contributed by atoms with van der Waals surface area (Å²) in [6.07, 6.45) is 1.42. The van der Waals surface area contributed by atoms with Crippen molar-refractivity contribution in [2.24, 2.45) is 0 Å². The second kappa shape index (κ2) is 12.6. The van der Waals surface area contributed by atoms with Crippen molar-refractivity contribution in [3.8, 4) is 0 Å². The summed E-state index contributed by atoms with van der Waals surface area (Å²) in [5.74, 6) is -2.94. The number of aliphatic hydroxyl groups is 1. The number of nitrogens with one attached hydrogen (secondary N) is 1. The lowest BCUT2D eigenvalue weighted by Gasteiger charge is -2.53. The van der Waals surface area contributed by atoms with Crippen LogP contribution in [0.25, 0.3) is 0 Å². The van der Waals surface area contributed by atoms with Crippen molar-refractivity contribution >= 4 is 17.5 Å². The van der Waals surface area contributed by atoms with Crippen LogP contribution < -0.4 is 4.72 Å². The molecule has 1 aliphatic heterocycles. The molecule has 0 bridgehead atoms. The summed E-state index contributed by atoms with van der Waals surface area (Å²) in [7, 11) is 0. The molecule has 1 amide bonds. The number of amides is 1. The van der Waals surface area contributed by atoms with Crippen LogP contribution >= 0.6 is 0 Å². The average Bonchev–Trinajstić information content (AvgIpc) is 2.84. The number of carbonyl (C=O) groups is 1. The summed E-state index contributed by atoms with van der Waals surface area (Å²) in [5, 5.41) is 9.97. The number of ether oxygens (including phenoxy) is 2. The number of hydrogen-bond acceptors (Lipinski definition) is 6. The Labute approximate surface area is 235 Å². The van der Waals surface area contributed by atoms with Crippen LogP contribution in [-0.4, -0.2) is 74.4 Å². The van der Waals surface area contributed by atoms with Crippen molar-refractivity contribution in [1.82, 2.24) is 9.62 Å². The fraction of sp³-hybridized carbons (Fsp3) is 0.759. The van der Waals surface area contributed by atoms with Gasteiger partial charge in [-0.25, -0.2) is 13.6 Å². The zero-order valence-electron chi connectivity index (χ0n) is 24.2. The van der Waals surface area contributed by atoms with Crippen molar-refractivity contribution in [2.75, 3.05) is 19.8 Å². The highest BCUT2D eigenvalue weighted by molar-refractivity contribution is 7.90.